The predicted molar refractivity (Wildman–Crippen MR) is 90.1 cm³/mol. The van der Waals surface area contributed by atoms with Gasteiger partial charge in [-0.15, -0.1) is 0 Å². The lowest BCUT2D eigenvalue weighted by Gasteiger charge is -2.11. The van der Waals surface area contributed by atoms with E-state index in [0.717, 1.165) is 0 Å². The highest BCUT2D eigenvalue weighted by molar-refractivity contribution is 7.80. The van der Waals surface area contributed by atoms with E-state index in [1.165, 1.54) is 0 Å². The third-order valence-corrected chi connectivity index (χ3v) is 2.83. The van der Waals surface area contributed by atoms with Crippen molar-refractivity contribution in [3.05, 3.63) is 29.8 Å². The van der Waals surface area contributed by atoms with Crippen molar-refractivity contribution in [2.75, 3.05) is 19.8 Å². The van der Waals surface area contributed by atoms with E-state index >= 15 is 0 Å². The first-order valence-electron chi connectivity index (χ1n) is 7.27. The zero-order valence-electron chi connectivity index (χ0n) is 13.2. The van der Waals surface area contributed by atoms with Crippen molar-refractivity contribution in [1.82, 2.24) is 16.2 Å². The van der Waals surface area contributed by atoms with E-state index in [1.54, 1.807) is 24.3 Å². The van der Waals surface area contributed by atoms with Crippen LogP contribution in [0.25, 0.3) is 0 Å². The zero-order chi connectivity index (χ0) is 17.1. The summed E-state index contributed by atoms with van der Waals surface area (Å²) in [5.41, 5.74) is 5.25. The van der Waals surface area contributed by atoms with Crippen molar-refractivity contribution in [1.29, 1.82) is 0 Å². The van der Waals surface area contributed by atoms with Crippen LogP contribution in [0.15, 0.2) is 24.3 Å². The fraction of sp³-hybridized carbons (Fsp3) is 0.400. The van der Waals surface area contributed by atoms with Crippen LogP contribution < -0.4 is 20.9 Å². The van der Waals surface area contributed by atoms with Crippen molar-refractivity contribution in [2.45, 2.75) is 20.3 Å². The summed E-state index contributed by atoms with van der Waals surface area (Å²) in [5, 5.41) is 2.47. The van der Waals surface area contributed by atoms with E-state index in [9.17, 15) is 9.59 Å². The standard InChI is InChI=1S/C15H21N3O4S/c1-3-21-9-8-13(19)17-18-15(23)16-14(20)11-6-5-7-12(10-11)22-4-2/h5-7,10H,3-4,8-9H2,1-2H3,(H,17,19)(H2,16,18,20,23). The number of rotatable bonds is 7. The maximum absolute atomic E-state index is 12.0. The van der Waals surface area contributed by atoms with Gasteiger partial charge >= 0.3 is 0 Å². The van der Waals surface area contributed by atoms with Crippen LogP contribution in [0, 0.1) is 0 Å². The summed E-state index contributed by atoms with van der Waals surface area (Å²) >= 11 is 4.95. The Bertz CT molecular complexity index is 551. The smallest absolute Gasteiger partial charge is 0.257 e. The molecule has 0 unspecified atom stereocenters. The predicted octanol–water partition coefficient (Wildman–Crippen LogP) is 1.15. The van der Waals surface area contributed by atoms with Crippen LogP contribution in [0.2, 0.25) is 0 Å². The van der Waals surface area contributed by atoms with Crippen molar-refractivity contribution in [3.8, 4) is 5.75 Å². The molecular formula is C15H21N3O4S. The van der Waals surface area contributed by atoms with Crippen LogP contribution in [0.3, 0.4) is 0 Å². The Morgan fingerprint density at radius 3 is 2.65 bits per heavy atom. The summed E-state index contributed by atoms with van der Waals surface area (Å²) in [6.07, 6.45) is 0.202. The lowest BCUT2D eigenvalue weighted by atomic mass is 10.2. The maximum atomic E-state index is 12.0. The lowest BCUT2D eigenvalue weighted by molar-refractivity contribution is -0.122. The van der Waals surface area contributed by atoms with Gasteiger partial charge in [0.1, 0.15) is 5.75 Å². The molecule has 1 aromatic carbocycles. The summed E-state index contributed by atoms with van der Waals surface area (Å²) in [5.74, 6) is -0.0794. The van der Waals surface area contributed by atoms with Crippen LogP contribution >= 0.6 is 12.2 Å². The topological polar surface area (TPSA) is 88.7 Å². The molecule has 8 heteroatoms. The first-order valence-corrected chi connectivity index (χ1v) is 7.68. The Morgan fingerprint density at radius 1 is 1.17 bits per heavy atom. The Hall–Kier alpha value is -2.19. The number of ether oxygens (including phenoxy) is 2. The zero-order valence-corrected chi connectivity index (χ0v) is 14.0. The third-order valence-electron chi connectivity index (χ3n) is 2.63. The molecule has 1 aromatic rings. The monoisotopic (exact) mass is 339 g/mol. The molecule has 23 heavy (non-hydrogen) atoms. The van der Waals surface area contributed by atoms with Gasteiger partial charge in [-0.05, 0) is 44.3 Å². The molecule has 2 amide bonds. The number of thiocarbonyl (C=S) groups is 1. The van der Waals surface area contributed by atoms with Gasteiger partial charge in [-0.3, -0.25) is 25.8 Å². The second-order valence-corrected chi connectivity index (χ2v) is 4.77. The van der Waals surface area contributed by atoms with Crippen LogP contribution in [-0.2, 0) is 9.53 Å². The molecular weight excluding hydrogens is 318 g/mol. The van der Waals surface area contributed by atoms with Gasteiger partial charge in [-0.2, -0.15) is 0 Å². The number of amides is 2. The maximum Gasteiger partial charge on any atom is 0.257 e. The van der Waals surface area contributed by atoms with E-state index < -0.39 is 5.91 Å². The molecule has 0 saturated heterocycles. The van der Waals surface area contributed by atoms with E-state index in [1.807, 2.05) is 13.8 Å². The number of benzene rings is 1. The molecule has 1 rings (SSSR count). The molecule has 0 aromatic heterocycles. The summed E-state index contributed by atoms with van der Waals surface area (Å²) in [6.45, 7) is 5.10. The third kappa shape index (κ3) is 7.57. The minimum Gasteiger partial charge on any atom is -0.494 e. The van der Waals surface area contributed by atoms with Gasteiger partial charge in [0.05, 0.1) is 19.6 Å². The minimum atomic E-state index is -0.396. The molecule has 126 valence electrons. The number of hydrazine groups is 1. The van der Waals surface area contributed by atoms with Gasteiger partial charge in [0.2, 0.25) is 5.91 Å². The second kappa shape index (κ2) is 10.5. The molecule has 0 aliphatic carbocycles. The Balaban J connectivity index is 2.40. The van der Waals surface area contributed by atoms with E-state index in [-0.39, 0.29) is 17.4 Å². The molecule has 7 nitrogen and oxygen atoms in total. The van der Waals surface area contributed by atoms with Gasteiger partial charge < -0.3 is 9.47 Å². The highest BCUT2D eigenvalue weighted by atomic mass is 32.1. The Labute approximate surface area is 140 Å². The lowest BCUT2D eigenvalue weighted by Crippen LogP contribution is -2.48. The van der Waals surface area contributed by atoms with Crippen LogP contribution in [-0.4, -0.2) is 36.7 Å². The summed E-state index contributed by atoms with van der Waals surface area (Å²) in [6, 6.07) is 6.73. The second-order valence-electron chi connectivity index (χ2n) is 4.36. The van der Waals surface area contributed by atoms with Crippen molar-refractivity contribution < 1.29 is 19.1 Å². The van der Waals surface area contributed by atoms with Gasteiger partial charge in [0, 0.05) is 12.2 Å². The SMILES string of the molecule is CCOCCC(=O)NNC(=S)NC(=O)c1cccc(OCC)c1. The van der Waals surface area contributed by atoms with E-state index in [2.05, 4.69) is 16.2 Å². The molecule has 0 saturated carbocycles. The number of carbonyl (C=O) groups excluding carboxylic acids is 2. The summed E-state index contributed by atoms with van der Waals surface area (Å²) < 4.78 is 10.4. The minimum absolute atomic E-state index is 0.00146. The first-order chi connectivity index (χ1) is 11.1. The molecule has 0 aliphatic rings. The molecule has 0 heterocycles. The average molecular weight is 339 g/mol. The van der Waals surface area contributed by atoms with Gasteiger partial charge in [0.25, 0.3) is 5.91 Å². The van der Waals surface area contributed by atoms with Crippen molar-refractivity contribution in [3.63, 3.8) is 0 Å². The van der Waals surface area contributed by atoms with Crippen LogP contribution in [0.1, 0.15) is 30.6 Å². The van der Waals surface area contributed by atoms with Crippen molar-refractivity contribution in [2.24, 2.45) is 0 Å². The molecule has 0 radical (unpaired) electrons. The summed E-state index contributed by atoms with van der Waals surface area (Å²) in [7, 11) is 0. The Kier molecular flexibility index (Phi) is 8.63. The number of carbonyl (C=O) groups is 2. The van der Waals surface area contributed by atoms with Gasteiger partial charge in [0.15, 0.2) is 5.11 Å². The molecule has 0 spiro atoms. The van der Waals surface area contributed by atoms with Gasteiger partial charge in [-0.1, -0.05) is 6.07 Å². The molecule has 0 bridgehead atoms. The summed E-state index contributed by atoms with van der Waals surface area (Å²) in [4.78, 5) is 23.5. The Morgan fingerprint density at radius 2 is 1.96 bits per heavy atom. The number of nitrogens with one attached hydrogen (secondary N) is 3. The first kappa shape index (κ1) is 18.9. The highest BCUT2D eigenvalue weighted by Crippen LogP contribution is 2.12. The van der Waals surface area contributed by atoms with Crippen LogP contribution in [0.5, 0.6) is 5.75 Å². The average Bonchev–Trinajstić information content (AvgIpc) is 2.54. The van der Waals surface area contributed by atoms with E-state index in [4.69, 9.17) is 21.7 Å². The quantitative estimate of drug-likeness (QED) is 0.392. The fourth-order valence-corrected chi connectivity index (χ4v) is 1.74. The molecule has 0 atom stereocenters. The molecule has 3 N–H and O–H groups in total. The number of hydrogen-bond acceptors (Lipinski definition) is 5. The van der Waals surface area contributed by atoms with Crippen molar-refractivity contribution >= 4 is 29.1 Å². The fourth-order valence-electron chi connectivity index (χ4n) is 1.60. The number of hydrogen-bond donors (Lipinski definition) is 3. The van der Waals surface area contributed by atoms with Gasteiger partial charge in [-0.25, -0.2) is 0 Å². The largest absolute Gasteiger partial charge is 0.494 e. The normalized spacial score (nSPS) is 9.83. The van der Waals surface area contributed by atoms with Crippen LogP contribution in [0.4, 0.5) is 0 Å². The molecule has 0 aliphatic heterocycles. The molecule has 0 fully saturated rings. The highest BCUT2D eigenvalue weighted by Gasteiger charge is 2.09. The van der Waals surface area contributed by atoms with E-state index in [0.29, 0.717) is 31.1 Å².